The van der Waals surface area contributed by atoms with Gasteiger partial charge in [0.25, 0.3) is 5.91 Å². The highest BCUT2D eigenvalue weighted by Crippen LogP contribution is 2.19. The van der Waals surface area contributed by atoms with E-state index in [1.165, 1.54) is 0 Å². The quantitative estimate of drug-likeness (QED) is 0.610. The Hall–Kier alpha value is -0.250. The van der Waals surface area contributed by atoms with Crippen LogP contribution in [0, 0.1) is 0 Å². The maximum Gasteiger partial charge on any atom is 0.251 e. The molecule has 1 N–H and O–H groups in total. The lowest BCUT2D eigenvalue weighted by Gasteiger charge is -2.05. The molecule has 0 heterocycles. The summed E-state index contributed by atoms with van der Waals surface area (Å²) in [5.41, 5.74) is 0.571. The van der Waals surface area contributed by atoms with E-state index >= 15 is 0 Å². The van der Waals surface area contributed by atoms with Crippen molar-refractivity contribution in [1.29, 1.82) is 0 Å². The van der Waals surface area contributed by atoms with E-state index in [2.05, 4.69) is 21.2 Å². The average molecular weight is 339 g/mol. The van der Waals surface area contributed by atoms with Crippen LogP contribution in [0.5, 0.6) is 0 Å². The highest BCUT2D eigenvalue weighted by Gasteiger charge is 2.06. The topological polar surface area (TPSA) is 29.1 Å². The van der Waals surface area contributed by atoms with Gasteiger partial charge in [-0.15, -0.1) is 11.6 Å². The minimum absolute atomic E-state index is 0.0981. The number of halogens is 3. The highest BCUT2D eigenvalue weighted by atomic mass is 79.9. The first-order valence-electron chi connectivity index (χ1n) is 5.43. The van der Waals surface area contributed by atoms with Gasteiger partial charge in [0.15, 0.2) is 0 Å². The minimum Gasteiger partial charge on any atom is -0.352 e. The van der Waals surface area contributed by atoms with E-state index in [0.29, 0.717) is 23.0 Å². The zero-order valence-electron chi connectivity index (χ0n) is 9.31. The smallest absolute Gasteiger partial charge is 0.251 e. The Balaban J connectivity index is 2.41. The zero-order chi connectivity index (χ0) is 12.7. The number of alkyl halides is 1. The normalized spacial score (nSPS) is 10.3. The predicted molar refractivity (Wildman–Crippen MR) is 76.1 cm³/mol. The van der Waals surface area contributed by atoms with E-state index in [1.54, 1.807) is 18.2 Å². The van der Waals surface area contributed by atoms with E-state index in [-0.39, 0.29) is 5.91 Å². The van der Waals surface area contributed by atoms with Crippen molar-refractivity contribution in [2.75, 3.05) is 12.4 Å². The molecule has 0 atom stereocenters. The molecular formula is C12H14BrCl2NO. The van der Waals surface area contributed by atoms with Crippen molar-refractivity contribution < 1.29 is 4.79 Å². The van der Waals surface area contributed by atoms with Crippen molar-refractivity contribution in [3.05, 3.63) is 33.3 Å². The highest BCUT2D eigenvalue weighted by molar-refractivity contribution is 9.10. The third-order valence-electron chi connectivity index (χ3n) is 2.22. The number of amides is 1. The van der Waals surface area contributed by atoms with Crippen molar-refractivity contribution in [1.82, 2.24) is 5.32 Å². The Bertz CT molecular complexity index is 365. The molecule has 0 aliphatic heterocycles. The molecule has 17 heavy (non-hydrogen) atoms. The molecule has 5 heteroatoms. The summed E-state index contributed by atoms with van der Waals surface area (Å²) >= 11 is 14.7. The van der Waals surface area contributed by atoms with Crippen LogP contribution < -0.4 is 5.32 Å². The molecular weight excluding hydrogens is 325 g/mol. The standard InChI is InChI=1S/C12H14BrCl2NO/c13-10-6-9(7-11(15)8-10)12(17)16-5-3-1-2-4-14/h6-8H,1-5H2,(H,16,17). The van der Waals surface area contributed by atoms with Crippen molar-refractivity contribution in [3.63, 3.8) is 0 Å². The van der Waals surface area contributed by atoms with Crippen LogP contribution in [0.25, 0.3) is 0 Å². The molecule has 1 aromatic rings. The first kappa shape index (κ1) is 14.8. The van der Waals surface area contributed by atoms with Gasteiger partial charge in [0.1, 0.15) is 0 Å². The molecule has 0 saturated carbocycles. The fourth-order valence-corrected chi connectivity index (χ4v) is 2.43. The van der Waals surface area contributed by atoms with E-state index in [4.69, 9.17) is 23.2 Å². The number of carbonyl (C=O) groups excluding carboxylic acids is 1. The van der Waals surface area contributed by atoms with Gasteiger partial charge in [0, 0.05) is 27.5 Å². The molecule has 2 nitrogen and oxygen atoms in total. The van der Waals surface area contributed by atoms with Gasteiger partial charge in [-0.05, 0) is 31.0 Å². The minimum atomic E-state index is -0.0981. The van der Waals surface area contributed by atoms with Crippen LogP contribution in [0.3, 0.4) is 0 Å². The van der Waals surface area contributed by atoms with Crippen molar-refractivity contribution in [2.24, 2.45) is 0 Å². The van der Waals surface area contributed by atoms with Gasteiger partial charge in [-0.1, -0.05) is 34.0 Å². The van der Waals surface area contributed by atoms with Gasteiger partial charge in [0.2, 0.25) is 0 Å². The fraction of sp³-hybridized carbons (Fsp3) is 0.417. The Labute approximate surface area is 120 Å². The lowest BCUT2D eigenvalue weighted by atomic mass is 10.2. The lowest BCUT2D eigenvalue weighted by molar-refractivity contribution is 0.0953. The summed E-state index contributed by atoms with van der Waals surface area (Å²) in [7, 11) is 0. The SMILES string of the molecule is O=C(NCCCCCCl)c1cc(Cl)cc(Br)c1. The summed E-state index contributed by atoms with van der Waals surface area (Å²) in [5, 5.41) is 3.40. The van der Waals surface area contributed by atoms with Crippen LogP contribution in [0.4, 0.5) is 0 Å². The van der Waals surface area contributed by atoms with Crippen LogP contribution in [-0.4, -0.2) is 18.3 Å². The monoisotopic (exact) mass is 337 g/mol. The molecule has 94 valence electrons. The second kappa shape index (κ2) is 7.96. The van der Waals surface area contributed by atoms with Crippen LogP contribution in [0.15, 0.2) is 22.7 Å². The van der Waals surface area contributed by atoms with Gasteiger partial charge in [-0.3, -0.25) is 4.79 Å². The van der Waals surface area contributed by atoms with Gasteiger partial charge < -0.3 is 5.32 Å². The number of nitrogens with one attached hydrogen (secondary N) is 1. The molecule has 0 unspecified atom stereocenters. The largest absolute Gasteiger partial charge is 0.352 e. The molecule has 0 bridgehead atoms. The first-order chi connectivity index (χ1) is 8.13. The van der Waals surface area contributed by atoms with Crippen LogP contribution >= 0.6 is 39.1 Å². The average Bonchev–Trinajstić information content (AvgIpc) is 2.27. The molecule has 0 saturated heterocycles. The van der Waals surface area contributed by atoms with E-state index in [9.17, 15) is 4.79 Å². The van der Waals surface area contributed by atoms with Crippen LogP contribution in [0.2, 0.25) is 5.02 Å². The molecule has 0 aliphatic carbocycles. The third kappa shape index (κ3) is 5.75. The summed E-state index contributed by atoms with van der Waals surface area (Å²) < 4.78 is 0.803. The Morgan fingerprint density at radius 3 is 2.65 bits per heavy atom. The summed E-state index contributed by atoms with van der Waals surface area (Å²) in [6.07, 6.45) is 2.96. The molecule has 0 radical (unpaired) electrons. The lowest BCUT2D eigenvalue weighted by Crippen LogP contribution is -2.24. The molecule has 0 fully saturated rings. The molecule has 1 amide bonds. The summed E-state index contributed by atoms with van der Waals surface area (Å²) in [6.45, 7) is 0.667. The number of hydrogen-bond acceptors (Lipinski definition) is 1. The van der Waals surface area contributed by atoms with Crippen molar-refractivity contribution in [2.45, 2.75) is 19.3 Å². The Kier molecular flexibility index (Phi) is 6.93. The second-order valence-electron chi connectivity index (χ2n) is 3.66. The maximum atomic E-state index is 11.8. The first-order valence-corrected chi connectivity index (χ1v) is 7.14. The molecule has 0 spiro atoms. The summed E-state index contributed by atoms with van der Waals surface area (Å²) in [6, 6.07) is 5.15. The molecule has 0 aromatic heterocycles. The van der Waals surface area contributed by atoms with Gasteiger partial charge in [0.05, 0.1) is 0 Å². The Morgan fingerprint density at radius 1 is 1.24 bits per heavy atom. The number of carbonyl (C=O) groups is 1. The third-order valence-corrected chi connectivity index (χ3v) is 3.16. The number of rotatable bonds is 6. The summed E-state index contributed by atoms with van der Waals surface area (Å²) in [4.78, 5) is 11.8. The molecule has 0 aliphatic rings. The van der Waals surface area contributed by atoms with Gasteiger partial charge in [-0.2, -0.15) is 0 Å². The number of hydrogen-bond donors (Lipinski definition) is 1. The van der Waals surface area contributed by atoms with Gasteiger partial charge >= 0.3 is 0 Å². The number of benzene rings is 1. The second-order valence-corrected chi connectivity index (χ2v) is 5.39. The van der Waals surface area contributed by atoms with E-state index in [1.807, 2.05) is 0 Å². The summed E-state index contributed by atoms with van der Waals surface area (Å²) in [5.74, 6) is 0.578. The van der Waals surface area contributed by atoms with Gasteiger partial charge in [-0.25, -0.2) is 0 Å². The van der Waals surface area contributed by atoms with Crippen molar-refractivity contribution >= 4 is 45.0 Å². The molecule has 1 rings (SSSR count). The van der Waals surface area contributed by atoms with Crippen LogP contribution in [0.1, 0.15) is 29.6 Å². The van der Waals surface area contributed by atoms with Crippen LogP contribution in [-0.2, 0) is 0 Å². The Morgan fingerprint density at radius 2 is 2.00 bits per heavy atom. The van der Waals surface area contributed by atoms with E-state index < -0.39 is 0 Å². The fourth-order valence-electron chi connectivity index (χ4n) is 1.39. The maximum absolute atomic E-state index is 11.8. The van der Waals surface area contributed by atoms with E-state index in [0.717, 1.165) is 23.7 Å². The molecule has 1 aromatic carbocycles. The number of unbranched alkanes of at least 4 members (excludes halogenated alkanes) is 2. The zero-order valence-corrected chi connectivity index (χ0v) is 12.4. The van der Waals surface area contributed by atoms with Crippen molar-refractivity contribution in [3.8, 4) is 0 Å². The predicted octanol–water partition coefficient (Wildman–Crippen LogP) is 4.24.